The third-order valence-electron chi connectivity index (χ3n) is 5.42. The van der Waals surface area contributed by atoms with E-state index in [1.54, 1.807) is 12.1 Å². The first-order valence-corrected chi connectivity index (χ1v) is 10.3. The molecular formula is C26H32N2O4. The minimum Gasteiger partial charge on any atom is -0.465 e. The normalized spacial score (nSPS) is 10.2. The van der Waals surface area contributed by atoms with Gasteiger partial charge in [-0.1, -0.05) is 0 Å². The molecule has 0 aliphatic carbocycles. The van der Waals surface area contributed by atoms with Gasteiger partial charge in [-0.05, 0) is 100 Å². The number of carbonyl (C=O) groups is 2. The number of aryl methyl sites for hydroxylation is 6. The van der Waals surface area contributed by atoms with E-state index in [-0.39, 0.29) is 11.9 Å². The predicted molar refractivity (Wildman–Crippen MR) is 128 cm³/mol. The number of ether oxygens (including phenoxy) is 2. The smallest absolute Gasteiger partial charge is 0.337 e. The van der Waals surface area contributed by atoms with Gasteiger partial charge in [0.25, 0.3) is 0 Å². The Labute approximate surface area is 190 Å². The highest BCUT2D eigenvalue weighted by Gasteiger charge is 2.14. The summed E-state index contributed by atoms with van der Waals surface area (Å²) in [6.45, 7) is 11.9. The molecule has 6 nitrogen and oxygen atoms in total. The summed E-state index contributed by atoms with van der Waals surface area (Å²) in [6.07, 6.45) is 0. The minimum atomic E-state index is -0.328. The number of rotatable bonds is 3. The second kappa shape index (κ2) is 10.2. The molecule has 3 aromatic rings. The number of nitrogen functional groups attached to an aromatic ring is 1. The Bertz CT molecular complexity index is 1090. The summed E-state index contributed by atoms with van der Waals surface area (Å²) in [7, 11) is 2.77. The van der Waals surface area contributed by atoms with Crippen LogP contribution in [0.25, 0.3) is 5.69 Å². The van der Waals surface area contributed by atoms with Crippen LogP contribution in [0.2, 0.25) is 0 Å². The summed E-state index contributed by atoms with van der Waals surface area (Å²) >= 11 is 0. The van der Waals surface area contributed by atoms with Crippen molar-refractivity contribution in [2.24, 2.45) is 0 Å². The third kappa shape index (κ3) is 5.19. The van der Waals surface area contributed by atoms with Crippen molar-refractivity contribution in [3.05, 3.63) is 81.2 Å². The molecule has 0 spiro atoms. The average Bonchev–Trinajstić information content (AvgIpc) is 3.08. The molecule has 0 unspecified atom stereocenters. The fourth-order valence-corrected chi connectivity index (χ4v) is 3.78. The van der Waals surface area contributed by atoms with Crippen LogP contribution in [0.1, 0.15) is 54.4 Å². The lowest BCUT2D eigenvalue weighted by Gasteiger charge is -2.16. The molecule has 0 bridgehead atoms. The van der Waals surface area contributed by atoms with Crippen molar-refractivity contribution in [2.45, 2.75) is 41.5 Å². The number of hydrogen-bond donors (Lipinski definition) is 1. The number of nitrogens with zero attached hydrogens (tertiary/aromatic N) is 1. The van der Waals surface area contributed by atoms with Crippen LogP contribution in [0, 0.1) is 41.5 Å². The maximum atomic E-state index is 11.6. The second-order valence-corrected chi connectivity index (χ2v) is 7.92. The molecule has 0 atom stereocenters. The summed E-state index contributed by atoms with van der Waals surface area (Å²) in [5.41, 5.74) is 15.1. The lowest BCUT2D eigenvalue weighted by Crippen LogP contribution is -2.08. The van der Waals surface area contributed by atoms with Crippen LogP contribution in [-0.2, 0) is 9.47 Å². The van der Waals surface area contributed by atoms with Gasteiger partial charge in [-0.3, -0.25) is 0 Å². The molecule has 0 aliphatic rings. The van der Waals surface area contributed by atoms with E-state index in [1.165, 1.54) is 25.6 Å². The first-order chi connectivity index (χ1) is 15.0. The van der Waals surface area contributed by atoms with E-state index in [0.29, 0.717) is 11.1 Å². The molecule has 1 heterocycles. The van der Waals surface area contributed by atoms with Crippen molar-refractivity contribution in [3.63, 3.8) is 0 Å². The fourth-order valence-electron chi connectivity index (χ4n) is 3.78. The molecule has 0 saturated carbocycles. The predicted octanol–water partition coefficient (Wildman–Crippen LogP) is 5.17. The van der Waals surface area contributed by atoms with E-state index in [2.05, 4.69) is 35.3 Å². The molecule has 170 valence electrons. The number of methoxy groups -OCH3 is 2. The molecule has 3 rings (SSSR count). The number of esters is 2. The Morgan fingerprint density at radius 1 is 0.688 bits per heavy atom. The van der Waals surface area contributed by atoms with Gasteiger partial charge in [0.05, 0.1) is 31.0 Å². The van der Waals surface area contributed by atoms with E-state index >= 15 is 0 Å². The van der Waals surface area contributed by atoms with Gasteiger partial charge < -0.3 is 19.8 Å². The summed E-state index contributed by atoms with van der Waals surface area (Å²) in [4.78, 5) is 22.8. The molecular weight excluding hydrogens is 404 g/mol. The standard InChI is InChI=1S/C16H19NO2.C10H13NO2/c1-10-8-14(16(18)19-5)9-11(2)15(10)17-12(3)6-7-13(17)4;1-6-4-8(10(12)13-3)5-7(2)9(6)11/h6-9H,1-5H3;4-5H,11H2,1-3H3. The Balaban J connectivity index is 0.000000244. The molecule has 6 heteroatoms. The van der Waals surface area contributed by atoms with Gasteiger partial charge >= 0.3 is 11.9 Å². The molecule has 0 saturated heterocycles. The summed E-state index contributed by atoms with van der Waals surface area (Å²) < 4.78 is 11.6. The van der Waals surface area contributed by atoms with Crippen molar-refractivity contribution in [3.8, 4) is 5.69 Å². The zero-order chi connectivity index (χ0) is 24.2. The molecule has 2 N–H and O–H groups in total. The summed E-state index contributed by atoms with van der Waals surface area (Å²) in [5, 5.41) is 0. The van der Waals surface area contributed by atoms with E-state index in [4.69, 9.17) is 10.5 Å². The van der Waals surface area contributed by atoms with Gasteiger partial charge in [0, 0.05) is 17.1 Å². The molecule has 1 aromatic heterocycles. The van der Waals surface area contributed by atoms with E-state index in [0.717, 1.165) is 33.6 Å². The Hall–Kier alpha value is -3.54. The molecule has 0 radical (unpaired) electrons. The number of carbonyl (C=O) groups excluding carboxylic acids is 2. The summed E-state index contributed by atoms with van der Waals surface area (Å²) in [5.74, 6) is -0.620. The monoisotopic (exact) mass is 436 g/mol. The Morgan fingerprint density at radius 2 is 1.03 bits per heavy atom. The molecule has 32 heavy (non-hydrogen) atoms. The van der Waals surface area contributed by atoms with Gasteiger partial charge in [0.2, 0.25) is 0 Å². The van der Waals surface area contributed by atoms with Crippen LogP contribution in [0.15, 0.2) is 36.4 Å². The SMILES string of the molecule is COC(=O)c1cc(C)c(-n2c(C)ccc2C)c(C)c1.COC(=O)c1cc(C)c(N)c(C)c1. The highest BCUT2D eigenvalue weighted by atomic mass is 16.5. The highest BCUT2D eigenvalue weighted by molar-refractivity contribution is 5.91. The highest BCUT2D eigenvalue weighted by Crippen LogP contribution is 2.25. The molecule has 0 fully saturated rings. The van der Waals surface area contributed by atoms with E-state index in [1.807, 2.05) is 39.8 Å². The third-order valence-corrected chi connectivity index (χ3v) is 5.42. The number of hydrogen-bond acceptors (Lipinski definition) is 5. The zero-order valence-electron chi connectivity index (χ0n) is 20.1. The lowest BCUT2D eigenvalue weighted by atomic mass is 10.0. The van der Waals surface area contributed by atoms with Gasteiger partial charge in [-0.15, -0.1) is 0 Å². The number of aromatic nitrogens is 1. The molecule has 2 aromatic carbocycles. The maximum Gasteiger partial charge on any atom is 0.337 e. The number of nitrogens with two attached hydrogens (primary N) is 1. The van der Waals surface area contributed by atoms with Gasteiger partial charge in [-0.2, -0.15) is 0 Å². The summed E-state index contributed by atoms with van der Waals surface area (Å²) in [6, 6.07) is 11.4. The van der Waals surface area contributed by atoms with E-state index < -0.39 is 0 Å². The Kier molecular flexibility index (Phi) is 7.87. The van der Waals surface area contributed by atoms with Crippen LogP contribution in [0.5, 0.6) is 0 Å². The number of benzene rings is 2. The topological polar surface area (TPSA) is 83.5 Å². The van der Waals surface area contributed by atoms with Crippen LogP contribution < -0.4 is 5.73 Å². The van der Waals surface area contributed by atoms with Crippen molar-refractivity contribution in [1.82, 2.24) is 4.57 Å². The van der Waals surface area contributed by atoms with Crippen molar-refractivity contribution >= 4 is 17.6 Å². The van der Waals surface area contributed by atoms with Crippen molar-refractivity contribution in [1.29, 1.82) is 0 Å². The maximum absolute atomic E-state index is 11.6. The van der Waals surface area contributed by atoms with Crippen LogP contribution >= 0.6 is 0 Å². The first-order valence-electron chi connectivity index (χ1n) is 10.3. The number of anilines is 1. The van der Waals surface area contributed by atoms with Crippen LogP contribution in [0.4, 0.5) is 5.69 Å². The largest absolute Gasteiger partial charge is 0.465 e. The quantitative estimate of drug-likeness (QED) is 0.452. The van der Waals surface area contributed by atoms with E-state index in [9.17, 15) is 9.59 Å². The molecule has 0 aliphatic heterocycles. The average molecular weight is 437 g/mol. The first kappa shape index (κ1) is 24.7. The zero-order valence-corrected chi connectivity index (χ0v) is 20.1. The Morgan fingerprint density at radius 3 is 1.38 bits per heavy atom. The van der Waals surface area contributed by atoms with Gasteiger partial charge in [-0.25, -0.2) is 9.59 Å². The van der Waals surface area contributed by atoms with Crippen LogP contribution in [-0.4, -0.2) is 30.7 Å². The second-order valence-electron chi connectivity index (χ2n) is 7.92. The van der Waals surface area contributed by atoms with Crippen molar-refractivity contribution < 1.29 is 19.1 Å². The van der Waals surface area contributed by atoms with Gasteiger partial charge in [0.1, 0.15) is 0 Å². The molecule has 0 amide bonds. The fraction of sp³-hybridized carbons (Fsp3) is 0.308. The lowest BCUT2D eigenvalue weighted by molar-refractivity contribution is 0.0591. The van der Waals surface area contributed by atoms with Gasteiger partial charge in [0.15, 0.2) is 0 Å². The van der Waals surface area contributed by atoms with Crippen LogP contribution in [0.3, 0.4) is 0 Å². The van der Waals surface area contributed by atoms with Crippen molar-refractivity contribution in [2.75, 3.05) is 20.0 Å². The minimum absolute atomic E-state index is 0.293.